The predicted octanol–water partition coefficient (Wildman–Crippen LogP) is 2.57. The minimum absolute atomic E-state index is 0.148. The van der Waals surface area contributed by atoms with E-state index < -0.39 is 36.0 Å². The number of ether oxygens (including phenoxy) is 1. The Labute approximate surface area is 227 Å². The lowest BCUT2D eigenvalue weighted by atomic mass is 10.0. The maximum atomic E-state index is 13.0. The summed E-state index contributed by atoms with van der Waals surface area (Å²) in [5.74, 6) is -1.03. The van der Waals surface area contributed by atoms with Gasteiger partial charge in [-0.1, -0.05) is 35.9 Å². The van der Waals surface area contributed by atoms with Crippen LogP contribution in [-0.4, -0.2) is 76.0 Å². The van der Waals surface area contributed by atoms with Gasteiger partial charge in [-0.3, -0.25) is 9.59 Å². The first-order chi connectivity index (χ1) is 17.8. The van der Waals surface area contributed by atoms with E-state index in [1.54, 1.807) is 17.1 Å². The summed E-state index contributed by atoms with van der Waals surface area (Å²) >= 11 is 9.08. The van der Waals surface area contributed by atoms with Crippen molar-refractivity contribution in [3.8, 4) is 0 Å². The third-order valence-electron chi connectivity index (χ3n) is 6.34. The fraction of sp³-hybridized carbons (Fsp3) is 0.440. The third-order valence-corrected chi connectivity index (χ3v) is 8.90. The molecule has 198 valence electrons. The summed E-state index contributed by atoms with van der Waals surface area (Å²) in [7, 11) is 1.26. The van der Waals surface area contributed by atoms with Crippen LogP contribution in [0.2, 0.25) is 5.02 Å². The summed E-state index contributed by atoms with van der Waals surface area (Å²) in [4.78, 5) is 43.8. The number of aromatic nitrogens is 1. The molecule has 2 aliphatic heterocycles. The van der Waals surface area contributed by atoms with Gasteiger partial charge in [0.25, 0.3) is 11.8 Å². The van der Waals surface area contributed by atoms with Gasteiger partial charge in [-0.25, -0.2) is 9.78 Å². The van der Waals surface area contributed by atoms with Crippen molar-refractivity contribution in [3.05, 3.63) is 61.9 Å². The number of hydrogen-bond donors (Lipinski definition) is 3. The second kappa shape index (κ2) is 12.4. The van der Waals surface area contributed by atoms with Crippen molar-refractivity contribution in [2.24, 2.45) is 5.92 Å². The van der Waals surface area contributed by atoms with Gasteiger partial charge in [0.05, 0.1) is 13.2 Å². The zero-order valence-electron chi connectivity index (χ0n) is 20.1. The molecule has 0 saturated carbocycles. The largest absolute Gasteiger partial charge is 0.464 e. The van der Waals surface area contributed by atoms with Crippen molar-refractivity contribution in [1.82, 2.24) is 15.2 Å². The average Bonchev–Trinajstić information content (AvgIpc) is 3.67. The quantitative estimate of drug-likeness (QED) is 0.396. The number of carbonyl (C=O) groups is 3. The molecule has 1 fully saturated rings. The Hall–Kier alpha value is -2.44. The molecule has 1 unspecified atom stereocenters. The number of thiazole rings is 1. The van der Waals surface area contributed by atoms with Gasteiger partial charge in [-0.2, -0.15) is 0 Å². The molecule has 0 bridgehead atoms. The molecule has 4 rings (SSSR count). The summed E-state index contributed by atoms with van der Waals surface area (Å²) in [5, 5.41) is 26.3. The smallest absolute Gasteiger partial charge is 0.357 e. The van der Waals surface area contributed by atoms with E-state index in [0.29, 0.717) is 24.4 Å². The number of halogens is 1. The molecule has 0 aliphatic carbocycles. The van der Waals surface area contributed by atoms with Crippen molar-refractivity contribution in [2.75, 3.05) is 26.0 Å². The minimum atomic E-state index is -1.92. The van der Waals surface area contributed by atoms with Crippen molar-refractivity contribution < 1.29 is 29.3 Å². The molecular weight excluding hydrogens is 538 g/mol. The Morgan fingerprint density at radius 2 is 2.05 bits per heavy atom. The number of benzene rings is 1. The van der Waals surface area contributed by atoms with E-state index in [-0.39, 0.29) is 18.2 Å². The monoisotopic (exact) mass is 565 g/mol. The lowest BCUT2D eigenvalue weighted by Gasteiger charge is -2.27. The number of thioether (sulfide) groups is 1. The molecule has 2 aliphatic rings. The predicted molar refractivity (Wildman–Crippen MR) is 141 cm³/mol. The number of nitrogens with zero attached hydrogens (tertiary/aromatic N) is 2. The SMILES string of the molecule is COC(=O)c1csc([C@H]2CCCN2C(=O)[C@H](O)[C@@H](O)C(=O)NCC2=CC(Cc3ccccc3Cl)CS2)n1. The van der Waals surface area contributed by atoms with Gasteiger partial charge in [0.1, 0.15) is 5.01 Å². The summed E-state index contributed by atoms with van der Waals surface area (Å²) in [6.45, 7) is 0.542. The summed E-state index contributed by atoms with van der Waals surface area (Å²) in [6, 6.07) is 7.24. The normalized spacial score (nSPS) is 20.9. The molecule has 4 atom stereocenters. The third kappa shape index (κ3) is 6.53. The maximum Gasteiger partial charge on any atom is 0.357 e. The van der Waals surface area contributed by atoms with Crippen LogP contribution in [0.1, 0.15) is 39.9 Å². The van der Waals surface area contributed by atoms with Gasteiger partial charge in [0.2, 0.25) is 0 Å². The number of aliphatic hydroxyl groups is 2. The highest BCUT2D eigenvalue weighted by molar-refractivity contribution is 8.03. The summed E-state index contributed by atoms with van der Waals surface area (Å²) < 4.78 is 4.68. The topological polar surface area (TPSA) is 129 Å². The number of esters is 1. The van der Waals surface area contributed by atoms with E-state index in [4.69, 9.17) is 11.6 Å². The second-order valence-corrected chi connectivity index (χ2v) is 11.3. The van der Waals surface area contributed by atoms with Crippen LogP contribution in [-0.2, 0) is 20.7 Å². The van der Waals surface area contributed by atoms with Crippen molar-refractivity contribution in [2.45, 2.75) is 37.5 Å². The lowest BCUT2D eigenvalue weighted by molar-refractivity contribution is -0.153. The molecule has 1 saturated heterocycles. The number of amides is 2. The molecule has 1 aromatic carbocycles. The van der Waals surface area contributed by atoms with Crippen LogP contribution < -0.4 is 5.32 Å². The fourth-order valence-electron chi connectivity index (χ4n) is 4.40. The molecule has 37 heavy (non-hydrogen) atoms. The second-order valence-electron chi connectivity index (χ2n) is 8.86. The summed E-state index contributed by atoms with van der Waals surface area (Å²) in [5.41, 5.74) is 1.21. The molecule has 0 radical (unpaired) electrons. The highest BCUT2D eigenvalue weighted by Crippen LogP contribution is 2.35. The highest BCUT2D eigenvalue weighted by atomic mass is 35.5. The minimum Gasteiger partial charge on any atom is -0.464 e. The van der Waals surface area contributed by atoms with E-state index in [1.165, 1.54) is 23.3 Å². The van der Waals surface area contributed by atoms with Crippen LogP contribution in [0, 0.1) is 5.92 Å². The number of rotatable bonds is 9. The number of hydrogen-bond acceptors (Lipinski definition) is 9. The molecule has 2 amide bonds. The number of carbonyl (C=O) groups excluding carboxylic acids is 3. The molecule has 1 aromatic heterocycles. The van der Waals surface area contributed by atoms with Gasteiger partial charge >= 0.3 is 5.97 Å². The van der Waals surface area contributed by atoms with Crippen LogP contribution in [0.15, 0.2) is 40.6 Å². The van der Waals surface area contributed by atoms with Crippen LogP contribution in [0.5, 0.6) is 0 Å². The number of allylic oxidation sites excluding steroid dienone is 1. The zero-order chi connectivity index (χ0) is 26.5. The van der Waals surface area contributed by atoms with E-state index in [0.717, 1.165) is 27.7 Å². The van der Waals surface area contributed by atoms with Gasteiger partial charge in [0.15, 0.2) is 17.9 Å². The molecule has 12 heteroatoms. The van der Waals surface area contributed by atoms with Crippen molar-refractivity contribution in [3.63, 3.8) is 0 Å². The molecule has 9 nitrogen and oxygen atoms in total. The highest BCUT2D eigenvalue weighted by Gasteiger charge is 2.39. The van der Waals surface area contributed by atoms with Crippen LogP contribution in [0.3, 0.4) is 0 Å². The van der Waals surface area contributed by atoms with E-state index >= 15 is 0 Å². The van der Waals surface area contributed by atoms with E-state index in [2.05, 4.69) is 21.1 Å². The van der Waals surface area contributed by atoms with E-state index in [1.807, 2.05) is 24.3 Å². The van der Waals surface area contributed by atoms with Crippen molar-refractivity contribution >= 4 is 52.5 Å². The Morgan fingerprint density at radius 1 is 1.27 bits per heavy atom. The fourth-order valence-corrected chi connectivity index (χ4v) is 6.65. The molecule has 3 N–H and O–H groups in total. The number of likely N-dealkylation sites (tertiary alicyclic amines) is 1. The van der Waals surface area contributed by atoms with Crippen LogP contribution in [0.4, 0.5) is 0 Å². The van der Waals surface area contributed by atoms with Crippen molar-refractivity contribution in [1.29, 1.82) is 0 Å². The maximum absolute atomic E-state index is 13.0. The lowest BCUT2D eigenvalue weighted by Crippen LogP contribution is -2.50. The average molecular weight is 566 g/mol. The summed E-state index contributed by atoms with van der Waals surface area (Å²) in [6.07, 6.45) is 0.292. The molecular formula is C25H28ClN3O6S2. The Bertz CT molecular complexity index is 1190. The van der Waals surface area contributed by atoms with Gasteiger partial charge < -0.3 is 25.2 Å². The molecule has 3 heterocycles. The first-order valence-electron chi connectivity index (χ1n) is 11.8. The Morgan fingerprint density at radius 3 is 2.81 bits per heavy atom. The zero-order valence-corrected chi connectivity index (χ0v) is 22.5. The molecule has 2 aromatic rings. The van der Waals surface area contributed by atoms with Gasteiger partial charge in [-0.05, 0) is 36.8 Å². The Kier molecular flexibility index (Phi) is 9.25. The standard InChI is InChI=1S/C25H28ClN3O6S2/c1-35-25(34)18-13-37-23(28-18)19-7-4-8-29(19)24(33)21(31)20(30)22(32)27-11-16-10-14(12-36-16)9-15-5-2-3-6-17(15)26/h2-3,5-6,10,13-14,19-21,30-31H,4,7-9,11-12H2,1H3,(H,27,32)/t14?,19-,20-,21-/m1/s1. The number of methoxy groups -OCH3 is 1. The van der Waals surface area contributed by atoms with E-state index in [9.17, 15) is 24.6 Å². The Balaban J connectivity index is 1.30. The first-order valence-corrected chi connectivity index (χ1v) is 14.1. The number of aliphatic hydroxyl groups excluding tert-OH is 2. The number of nitrogens with one attached hydrogen (secondary N) is 1. The molecule has 0 spiro atoms. The van der Waals surface area contributed by atoms with Gasteiger partial charge in [-0.15, -0.1) is 23.1 Å². The van der Waals surface area contributed by atoms with Crippen LogP contribution in [0.25, 0.3) is 0 Å². The van der Waals surface area contributed by atoms with Crippen LogP contribution >= 0.6 is 34.7 Å². The van der Waals surface area contributed by atoms with Gasteiger partial charge in [0, 0.05) is 34.2 Å². The first kappa shape index (κ1) is 27.6.